The van der Waals surface area contributed by atoms with Crippen molar-refractivity contribution in [2.24, 2.45) is 5.92 Å². The van der Waals surface area contributed by atoms with Crippen LogP contribution in [0.3, 0.4) is 0 Å². The average Bonchev–Trinajstić information content (AvgIpc) is 3.09. The number of hydrogen-bond donors (Lipinski definition) is 1. The van der Waals surface area contributed by atoms with Crippen molar-refractivity contribution in [3.8, 4) is 0 Å². The predicted octanol–water partition coefficient (Wildman–Crippen LogP) is 1.14. The second kappa shape index (κ2) is 7.88. The minimum Gasteiger partial charge on any atom is -0.423 e. The van der Waals surface area contributed by atoms with Crippen molar-refractivity contribution in [3.05, 3.63) is 11.8 Å². The van der Waals surface area contributed by atoms with Crippen LogP contribution < -0.4 is 5.32 Å². The predicted molar refractivity (Wildman–Crippen MR) is 83.7 cm³/mol. The SMILES string of the molecule is CCc1nnc(CNC(=O)C2CCN(C3CCOCC3)CC2)o1. The minimum absolute atomic E-state index is 0.0969. The highest BCUT2D eigenvalue weighted by atomic mass is 16.5. The number of carbonyl (C=O) groups is 1. The van der Waals surface area contributed by atoms with Gasteiger partial charge in [0.15, 0.2) is 0 Å². The molecule has 0 spiro atoms. The van der Waals surface area contributed by atoms with Crippen molar-refractivity contribution in [1.82, 2.24) is 20.4 Å². The zero-order valence-corrected chi connectivity index (χ0v) is 13.8. The first kappa shape index (κ1) is 16.4. The number of carbonyl (C=O) groups excluding carboxylic acids is 1. The lowest BCUT2D eigenvalue weighted by molar-refractivity contribution is -0.127. The van der Waals surface area contributed by atoms with Gasteiger partial charge in [-0.15, -0.1) is 10.2 Å². The van der Waals surface area contributed by atoms with Gasteiger partial charge in [0.25, 0.3) is 0 Å². The van der Waals surface area contributed by atoms with E-state index in [1.807, 2.05) is 6.92 Å². The van der Waals surface area contributed by atoms with Crippen LogP contribution in [0.5, 0.6) is 0 Å². The Labute approximate surface area is 136 Å². The normalized spacial score (nSPS) is 21.4. The molecule has 0 saturated carbocycles. The van der Waals surface area contributed by atoms with Crippen LogP contribution in [-0.4, -0.2) is 53.3 Å². The second-order valence-electron chi connectivity index (χ2n) is 6.31. The lowest BCUT2D eigenvalue weighted by Gasteiger charge is -2.38. The molecular formula is C16H26N4O3. The summed E-state index contributed by atoms with van der Waals surface area (Å²) in [6.07, 6.45) is 4.80. The largest absolute Gasteiger partial charge is 0.423 e. The molecule has 0 bridgehead atoms. The molecule has 0 radical (unpaired) electrons. The fourth-order valence-corrected chi connectivity index (χ4v) is 3.39. The summed E-state index contributed by atoms with van der Waals surface area (Å²) in [5.74, 6) is 1.29. The van der Waals surface area contributed by atoms with Crippen LogP contribution in [-0.2, 0) is 22.5 Å². The third kappa shape index (κ3) is 4.29. The smallest absolute Gasteiger partial charge is 0.235 e. The number of aryl methyl sites for hydroxylation is 1. The van der Waals surface area contributed by atoms with Crippen molar-refractivity contribution in [1.29, 1.82) is 0 Å². The number of ether oxygens (including phenoxy) is 1. The van der Waals surface area contributed by atoms with Crippen molar-refractivity contribution < 1.29 is 13.9 Å². The van der Waals surface area contributed by atoms with E-state index in [4.69, 9.17) is 9.15 Å². The number of rotatable bonds is 5. The Morgan fingerprint density at radius 3 is 2.52 bits per heavy atom. The van der Waals surface area contributed by atoms with E-state index in [1.54, 1.807) is 0 Å². The van der Waals surface area contributed by atoms with Crippen LogP contribution in [0.1, 0.15) is 44.4 Å². The molecule has 7 nitrogen and oxygen atoms in total. The summed E-state index contributed by atoms with van der Waals surface area (Å²) in [7, 11) is 0. The Bertz CT molecular complexity index is 505. The van der Waals surface area contributed by atoms with Gasteiger partial charge in [0.2, 0.25) is 17.7 Å². The quantitative estimate of drug-likeness (QED) is 0.875. The molecular weight excluding hydrogens is 296 g/mol. The highest BCUT2D eigenvalue weighted by Crippen LogP contribution is 2.23. The average molecular weight is 322 g/mol. The number of aromatic nitrogens is 2. The third-order valence-corrected chi connectivity index (χ3v) is 4.83. The first-order chi connectivity index (χ1) is 11.3. The van der Waals surface area contributed by atoms with Gasteiger partial charge in [-0.05, 0) is 38.8 Å². The van der Waals surface area contributed by atoms with E-state index < -0.39 is 0 Å². The van der Waals surface area contributed by atoms with Gasteiger partial charge in [0.1, 0.15) is 0 Å². The summed E-state index contributed by atoms with van der Waals surface area (Å²) < 4.78 is 10.8. The first-order valence-corrected chi connectivity index (χ1v) is 8.67. The topological polar surface area (TPSA) is 80.5 Å². The lowest BCUT2D eigenvalue weighted by Crippen LogP contribution is -2.46. The molecule has 2 fully saturated rings. The number of piperidine rings is 1. The Kier molecular flexibility index (Phi) is 5.61. The summed E-state index contributed by atoms with van der Waals surface area (Å²) >= 11 is 0. The molecule has 2 aliphatic rings. The lowest BCUT2D eigenvalue weighted by atomic mass is 9.93. The van der Waals surface area contributed by atoms with Crippen LogP contribution in [0.4, 0.5) is 0 Å². The van der Waals surface area contributed by atoms with Crippen LogP contribution >= 0.6 is 0 Å². The summed E-state index contributed by atoms with van der Waals surface area (Å²) in [6.45, 7) is 6.03. The molecule has 0 atom stereocenters. The Hall–Kier alpha value is -1.47. The molecule has 1 amide bonds. The van der Waals surface area contributed by atoms with Crippen LogP contribution in [0.25, 0.3) is 0 Å². The van der Waals surface area contributed by atoms with E-state index >= 15 is 0 Å². The Balaban J connectivity index is 1.41. The van der Waals surface area contributed by atoms with Crippen LogP contribution in [0, 0.1) is 5.92 Å². The molecule has 3 heterocycles. The number of hydrogen-bond acceptors (Lipinski definition) is 6. The number of amides is 1. The van der Waals surface area contributed by atoms with E-state index in [0.717, 1.165) is 52.0 Å². The first-order valence-electron chi connectivity index (χ1n) is 8.67. The molecule has 23 heavy (non-hydrogen) atoms. The fraction of sp³-hybridized carbons (Fsp3) is 0.812. The maximum absolute atomic E-state index is 12.3. The van der Waals surface area contributed by atoms with Gasteiger partial charge in [0.05, 0.1) is 6.54 Å². The maximum atomic E-state index is 12.3. The molecule has 2 aliphatic heterocycles. The molecule has 128 valence electrons. The van der Waals surface area contributed by atoms with Gasteiger partial charge < -0.3 is 19.4 Å². The molecule has 1 aromatic rings. The van der Waals surface area contributed by atoms with Crippen molar-refractivity contribution in [2.45, 2.75) is 51.6 Å². The zero-order valence-electron chi connectivity index (χ0n) is 13.8. The standard InChI is InChI=1S/C16H26N4O3/c1-2-14-18-19-15(23-14)11-17-16(21)12-3-7-20(8-4-12)13-5-9-22-10-6-13/h12-13H,2-11H2,1H3,(H,17,21). The van der Waals surface area contributed by atoms with E-state index in [0.29, 0.717) is 30.8 Å². The molecule has 0 unspecified atom stereocenters. The Morgan fingerprint density at radius 1 is 1.17 bits per heavy atom. The molecule has 2 saturated heterocycles. The van der Waals surface area contributed by atoms with Crippen LogP contribution in [0.15, 0.2) is 4.42 Å². The van der Waals surface area contributed by atoms with E-state index in [-0.39, 0.29) is 11.8 Å². The summed E-state index contributed by atoms with van der Waals surface area (Å²) in [5, 5.41) is 10.8. The highest BCUT2D eigenvalue weighted by molar-refractivity contribution is 5.78. The van der Waals surface area contributed by atoms with Gasteiger partial charge in [-0.25, -0.2) is 0 Å². The highest BCUT2D eigenvalue weighted by Gasteiger charge is 2.29. The molecule has 1 aromatic heterocycles. The molecule has 1 N–H and O–H groups in total. The second-order valence-corrected chi connectivity index (χ2v) is 6.31. The summed E-state index contributed by atoms with van der Waals surface area (Å²) in [6, 6.07) is 0.638. The number of nitrogens with one attached hydrogen (secondary N) is 1. The van der Waals surface area contributed by atoms with Crippen molar-refractivity contribution >= 4 is 5.91 Å². The molecule has 7 heteroatoms. The van der Waals surface area contributed by atoms with Crippen molar-refractivity contribution in [3.63, 3.8) is 0 Å². The van der Waals surface area contributed by atoms with E-state index in [1.165, 1.54) is 0 Å². The van der Waals surface area contributed by atoms with Gasteiger partial charge in [-0.1, -0.05) is 6.92 Å². The minimum atomic E-state index is 0.0969. The third-order valence-electron chi connectivity index (χ3n) is 4.83. The Morgan fingerprint density at radius 2 is 1.87 bits per heavy atom. The van der Waals surface area contributed by atoms with E-state index in [9.17, 15) is 4.79 Å². The number of nitrogens with zero attached hydrogens (tertiary/aromatic N) is 3. The summed E-state index contributed by atoms with van der Waals surface area (Å²) in [4.78, 5) is 14.8. The zero-order chi connectivity index (χ0) is 16.1. The van der Waals surface area contributed by atoms with Crippen molar-refractivity contribution in [2.75, 3.05) is 26.3 Å². The molecule has 0 aliphatic carbocycles. The van der Waals surface area contributed by atoms with Gasteiger partial charge in [0, 0.05) is 31.6 Å². The van der Waals surface area contributed by atoms with Gasteiger partial charge in [-0.3, -0.25) is 4.79 Å². The monoisotopic (exact) mass is 322 g/mol. The maximum Gasteiger partial charge on any atom is 0.235 e. The number of likely N-dealkylation sites (tertiary alicyclic amines) is 1. The van der Waals surface area contributed by atoms with Gasteiger partial charge in [-0.2, -0.15) is 0 Å². The fourth-order valence-electron chi connectivity index (χ4n) is 3.39. The van der Waals surface area contributed by atoms with Gasteiger partial charge >= 0.3 is 0 Å². The van der Waals surface area contributed by atoms with Crippen LogP contribution in [0.2, 0.25) is 0 Å². The van der Waals surface area contributed by atoms with E-state index in [2.05, 4.69) is 20.4 Å². The summed E-state index contributed by atoms with van der Waals surface area (Å²) in [5.41, 5.74) is 0. The molecule has 3 rings (SSSR count). The molecule has 0 aromatic carbocycles.